The highest BCUT2D eigenvalue weighted by molar-refractivity contribution is 8.00. The number of nitrogens with one attached hydrogen (secondary N) is 1. The van der Waals surface area contributed by atoms with Crippen LogP contribution >= 0.6 is 11.8 Å². The maximum absolute atomic E-state index is 11.1. The molecule has 0 aliphatic rings. The predicted molar refractivity (Wildman–Crippen MR) is 54.4 cm³/mol. The first-order valence-corrected chi connectivity index (χ1v) is 5.30. The standard InChI is InChI=1S/C8H15NO4S/c1-6(13-2)3-9-7(10)4-14-5-8(11)12/h6H,3-5H2,1-2H3,(H,9,10)(H,11,12). The van der Waals surface area contributed by atoms with Crippen molar-refractivity contribution in [2.24, 2.45) is 0 Å². The molecule has 0 radical (unpaired) electrons. The first-order chi connectivity index (χ1) is 6.56. The summed E-state index contributed by atoms with van der Waals surface area (Å²) < 4.78 is 4.93. The van der Waals surface area contributed by atoms with Crippen LogP contribution in [0.4, 0.5) is 0 Å². The normalized spacial score (nSPS) is 12.1. The Morgan fingerprint density at radius 1 is 1.50 bits per heavy atom. The second-order valence-electron chi connectivity index (χ2n) is 2.74. The van der Waals surface area contributed by atoms with Gasteiger partial charge in [-0.25, -0.2) is 0 Å². The van der Waals surface area contributed by atoms with Crippen LogP contribution in [-0.2, 0) is 14.3 Å². The molecular weight excluding hydrogens is 206 g/mol. The molecule has 5 nitrogen and oxygen atoms in total. The second-order valence-corrected chi connectivity index (χ2v) is 3.72. The predicted octanol–water partition coefficient (Wildman–Crippen LogP) is -0.0447. The summed E-state index contributed by atoms with van der Waals surface area (Å²) >= 11 is 1.08. The van der Waals surface area contributed by atoms with E-state index >= 15 is 0 Å². The van der Waals surface area contributed by atoms with Crippen molar-refractivity contribution in [2.75, 3.05) is 25.2 Å². The number of carbonyl (C=O) groups excluding carboxylic acids is 1. The van der Waals surface area contributed by atoms with Gasteiger partial charge in [-0.05, 0) is 6.92 Å². The van der Waals surface area contributed by atoms with E-state index in [0.29, 0.717) is 6.54 Å². The summed E-state index contributed by atoms with van der Waals surface area (Å²) in [5.41, 5.74) is 0. The third-order valence-corrected chi connectivity index (χ3v) is 2.37. The number of rotatable bonds is 7. The fourth-order valence-corrected chi connectivity index (χ4v) is 1.19. The van der Waals surface area contributed by atoms with Crippen molar-refractivity contribution in [3.63, 3.8) is 0 Å². The summed E-state index contributed by atoms with van der Waals surface area (Å²) in [7, 11) is 1.57. The van der Waals surface area contributed by atoms with Gasteiger partial charge >= 0.3 is 5.97 Å². The number of thioether (sulfide) groups is 1. The van der Waals surface area contributed by atoms with Crippen LogP contribution in [-0.4, -0.2) is 48.2 Å². The summed E-state index contributed by atoms with van der Waals surface area (Å²) in [4.78, 5) is 21.2. The maximum Gasteiger partial charge on any atom is 0.313 e. The van der Waals surface area contributed by atoms with Gasteiger partial charge in [0.25, 0.3) is 0 Å². The van der Waals surface area contributed by atoms with Crippen molar-refractivity contribution in [1.82, 2.24) is 5.32 Å². The van der Waals surface area contributed by atoms with Crippen LogP contribution in [0.5, 0.6) is 0 Å². The first kappa shape index (κ1) is 13.2. The van der Waals surface area contributed by atoms with Crippen LogP contribution in [0.1, 0.15) is 6.92 Å². The number of amides is 1. The fraction of sp³-hybridized carbons (Fsp3) is 0.750. The van der Waals surface area contributed by atoms with Gasteiger partial charge in [0, 0.05) is 13.7 Å². The van der Waals surface area contributed by atoms with Crippen LogP contribution in [0, 0.1) is 0 Å². The van der Waals surface area contributed by atoms with E-state index in [9.17, 15) is 9.59 Å². The zero-order valence-electron chi connectivity index (χ0n) is 8.28. The number of hydrogen-bond donors (Lipinski definition) is 2. The van der Waals surface area contributed by atoms with E-state index in [2.05, 4.69) is 5.32 Å². The zero-order valence-corrected chi connectivity index (χ0v) is 9.10. The average Bonchev–Trinajstić information content (AvgIpc) is 2.13. The number of carboxylic acid groups (broad SMARTS) is 1. The molecule has 0 rings (SSSR count). The lowest BCUT2D eigenvalue weighted by Crippen LogP contribution is -2.32. The van der Waals surface area contributed by atoms with E-state index in [0.717, 1.165) is 11.8 Å². The minimum atomic E-state index is -0.909. The summed E-state index contributed by atoms with van der Waals surface area (Å²) in [5.74, 6) is -0.955. The minimum Gasteiger partial charge on any atom is -0.481 e. The Balaban J connectivity index is 3.41. The van der Waals surface area contributed by atoms with Crippen molar-refractivity contribution in [1.29, 1.82) is 0 Å². The topological polar surface area (TPSA) is 75.6 Å². The fourth-order valence-electron chi connectivity index (χ4n) is 0.623. The summed E-state index contributed by atoms with van der Waals surface area (Å²) in [6.45, 7) is 2.29. The molecule has 6 heteroatoms. The van der Waals surface area contributed by atoms with Gasteiger partial charge in [-0.3, -0.25) is 9.59 Å². The van der Waals surface area contributed by atoms with E-state index in [1.165, 1.54) is 0 Å². The van der Waals surface area contributed by atoms with Gasteiger partial charge in [0.1, 0.15) is 0 Å². The molecule has 1 amide bonds. The quantitative estimate of drug-likeness (QED) is 0.630. The van der Waals surface area contributed by atoms with Gasteiger partial charge in [0.2, 0.25) is 5.91 Å². The molecule has 1 atom stereocenters. The highest BCUT2D eigenvalue weighted by Gasteiger charge is 2.05. The molecule has 0 aliphatic carbocycles. The molecule has 0 aromatic rings. The lowest BCUT2D eigenvalue weighted by Gasteiger charge is -2.10. The number of carbonyl (C=O) groups is 2. The molecule has 0 aromatic carbocycles. The van der Waals surface area contributed by atoms with Crippen molar-refractivity contribution < 1.29 is 19.4 Å². The van der Waals surface area contributed by atoms with Crippen molar-refractivity contribution in [3.8, 4) is 0 Å². The summed E-state index contributed by atoms with van der Waals surface area (Å²) in [5, 5.41) is 10.9. The van der Waals surface area contributed by atoms with Crippen LogP contribution in [0.25, 0.3) is 0 Å². The number of hydrogen-bond acceptors (Lipinski definition) is 4. The molecular formula is C8H15NO4S. The monoisotopic (exact) mass is 221 g/mol. The average molecular weight is 221 g/mol. The number of aliphatic carboxylic acids is 1. The van der Waals surface area contributed by atoms with E-state index < -0.39 is 5.97 Å². The van der Waals surface area contributed by atoms with E-state index in [1.807, 2.05) is 6.92 Å². The maximum atomic E-state index is 11.1. The third kappa shape index (κ3) is 7.88. The Labute approximate surface area is 87.2 Å². The molecule has 0 spiro atoms. The Bertz CT molecular complexity index is 198. The van der Waals surface area contributed by atoms with Gasteiger partial charge in [0.05, 0.1) is 17.6 Å². The summed E-state index contributed by atoms with van der Waals surface area (Å²) in [6, 6.07) is 0. The molecule has 0 bridgehead atoms. The smallest absolute Gasteiger partial charge is 0.313 e. The molecule has 82 valence electrons. The molecule has 0 saturated heterocycles. The van der Waals surface area contributed by atoms with Crippen LogP contribution in [0.15, 0.2) is 0 Å². The van der Waals surface area contributed by atoms with Gasteiger partial charge in [-0.1, -0.05) is 0 Å². The van der Waals surface area contributed by atoms with Crippen LogP contribution < -0.4 is 5.32 Å². The summed E-state index contributed by atoms with van der Waals surface area (Å²) in [6.07, 6.45) is -0.0246. The largest absolute Gasteiger partial charge is 0.481 e. The molecule has 0 heterocycles. The van der Waals surface area contributed by atoms with Gasteiger partial charge in [0.15, 0.2) is 0 Å². The first-order valence-electron chi connectivity index (χ1n) is 4.15. The van der Waals surface area contributed by atoms with Crippen LogP contribution in [0.2, 0.25) is 0 Å². The molecule has 0 fully saturated rings. The van der Waals surface area contributed by atoms with E-state index in [1.54, 1.807) is 7.11 Å². The molecule has 2 N–H and O–H groups in total. The van der Waals surface area contributed by atoms with Gasteiger partial charge < -0.3 is 15.2 Å². The lowest BCUT2D eigenvalue weighted by molar-refractivity contribution is -0.133. The Kier molecular flexibility index (Phi) is 7.23. The van der Waals surface area contributed by atoms with Crippen molar-refractivity contribution in [2.45, 2.75) is 13.0 Å². The van der Waals surface area contributed by atoms with Gasteiger partial charge in [-0.2, -0.15) is 0 Å². The Morgan fingerprint density at radius 2 is 2.14 bits per heavy atom. The number of ether oxygens (including phenoxy) is 1. The number of methoxy groups -OCH3 is 1. The SMILES string of the molecule is COC(C)CNC(=O)CSCC(=O)O. The minimum absolute atomic E-state index is 0.0246. The van der Waals surface area contributed by atoms with Crippen molar-refractivity contribution >= 4 is 23.6 Å². The lowest BCUT2D eigenvalue weighted by atomic mass is 10.4. The highest BCUT2D eigenvalue weighted by Crippen LogP contribution is 1.98. The Morgan fingerprint density at radius 3 is 2.64 bits per heavy atom. The molecule has 0 saturated carbocycles. The molecule has 1 unspecified atom stereocenters. The van der Waals surface area contributed by atoms with Crippen LogP contribution in [0.3, 0.4) is 0 Å². The van der Waals surface area contributed by atoms with Crippen molar-refractivity contribution in [3.05, 3.63) is 0 Å². The molecule has 0 aliphatic heterocycles. The Hall–Kier alpha value is -0.750. The number of carboxylic acids is 1. The zero-order chi connectivity index (χ0) is 11.0. The molecule has 0 aromatic heterocycles. The highest BCUT2D eigenvalue weighted by atomic mass is 32.2. The van der Waals surface area contributed by atoms with E-state index in [-0.39, 0.29) is 23.5 Å². The molecule has 14 heavy (non-hydrogen) atoms. The second kappa shape index (κ2) is 7.64. The van der Waals surface area contributed by atoms with E-state index in [4.69, 9.17) is 9.84 Å². The third-order valence-electron chi connectivity index (χ3n) is 1.45. The van der Waals surface area contributed by atoms with Gasteiger partial charge in [-0.15, -0.1) is 11.8 Å².